The average molecular weight is 416 g/mol. The molecule has 0 amide bonds. The Morgan fingerprint density at radius 1 is 1.00 bits per heavy atom. The van der Waals surface area contributed by atoms with Crippen LogP contribution in [0.5, 0.6) is 5.75 Å². The molecule has 2 aromatic carbocycles. The van der Waals surface area contributed by atoms with Gasteiger partial charge in [0.1, 0.15) is 11.3 Å². The molecule has 0 bridgehead atoms. The van der Waals surface area contributed by atoms with Gasteiger partial charge in [-0.3, -0.25) is 0 Å². The third kappa shape index (κ3) is 4.82. The first-order valence-corrected chi connectivity index (χ1v) is 9.38. The number of methoxy groups -OCH3 is 1. The van der Waals surface area contributed by atoms with Crippen molar-refractivity contribution in [1.29, 1.82) is 0 Å². The minimum absolute atomic E-state index is 0.0793. The number of aromatic nitrogens is 2. The van der Waals surface area contributed by atoms with Gasteiger partial charge >= 0.3 is 6.18 Å². The first-order valence-electron chi connectivity index (χ1n) is 9.38. The van der Waals surface area contributed by atoms with Crippen molar-refractivity contribution in [2.24, 2.45) is 0 Å². The van der Waals surface area contributed by atoms with Gasteiger partial charge in [-0.1, -0.05) is 26.0 Å². The van der Waals surface area contributed by atoms with Gasteiger partial charge in [0.05, 0.1) is 7.11 Å². The second-order valence-corrected chi connectivity index (χ2v) is 7.09. The number of benzene rings is 2. The van der Waals surface area contributed by atoms with Crippen LogP contribution in [0.2, 0.25) is 0 Å². The molecular formula is C22H23F3N4O. The molecule has 0 fully saturated rings. The summed E-state index contributed by atoms with van der Waals surface area (Å²) in [5.74, 6) is 0.823. The molecule has 0 aliphatic heterocycles. The van der Waals surface area contributed by atoms with E-state index in [1.807, 2.05) is 24.3 Å². The number of hydrogen-bond donors (Lipinski definition) is 1. The first kappa shape index (κ1) is 21.4. The summed E-state index contributed by atoms with van der Waals surface area (Å²) in [7, 11) is 3.05. The summed E-state index contributed by atoms with van der Waals surface area (Å²) >= 11 is 0. The molecule has 0 saturated heterocycles. The van der Waals surface area contributed by atoms with Crippen molar-refractivity contribution >= 4 is 23.1 Å². The van der Waals surface area contributed by atoms with Crippen LogP contribution >= 0.6 is 0 Å². The molecule has 0 radical (unpaired) electrons. The van der Waals surface area contributed by atoms with Crippen LogP contribution in [0.1, 0.15) is 30.9 Å². The van der Waals surface area contributed by atoms with E-state index in [1.165, 1.54) is 19.1 Å². The molecular weight excluding hydrogens is 393 g/mol. The van der Waals surface area contributed by atoms with E-state index < -0.39 is 11.7 Å². The molecule has 158 valence electrons. The van der Waals surface area contributed by atoms with E-state index in [4.69, 9.17) is 4.74 Å². The van der Waals surface area contributed by atoms with Gasteiger partial charge in [-0.2, -0.15) is 18.2 Å². The maximum atomic E-state index is 13.6. The van der Waals surface area contributed by atoms with Gasteiger partial charge in [0.25, 0.3) is 0 Å². The van der Waals surface area contributed by atoms with Gasteiger partial charge in [-0.15, -0.1) is 0 Å². The highest BCUT2D eigenvalue weighted by Crippen LogP contribution is 2.38. The molecule has 3 rings (SSSR count). The van der Waals surface area contributed by atoms with Crippen LogP contribution < -0.4 is 15.0 Å². The van der Waals surface area contributed by atoms with E-state index in [0.29, 0.717) is 23.0 Å². The second kappa shape index (κ2) is 8.61. The highest BCUT2D eigenvalue weighted by atomic mass is 19.4. The normalized spacial score (nSPS) is 11.5. The zero-order chi connectivity index (χ0) is 21.9. The van der Waals surface area contributed by atoms with Crippen molar-refractivity contribution in [3.05, 3.63) is 65.9 Å². The van der Waals surface area contributed by atoms with E-state index in [2.05, 4.69) is 29.1 Å². The fourth-order valence-electron chi connectivity index (χ4n) is 2.90. The molecule has 0 saturated carbocycles. The minimum atomic E-state index is -4.59. The molecule has 30 heavy (non-hydrogen) atoms. The summed E-state index contributed by atoms with van der Waals surface area (Å²) < 4.78 is 45.8. The summed E-state index contributed by atoms with van der Waals surface area (Å²) in [5.41, 5.74) is 1.47. The fraction of sp³-hybridized carbons (Fsp3) is 0.273. The summed E-state index contributed by atoms with van der Waals surface area (Å²) in [6, 6.07) is 14.3. The third-order valence-corrected chi connectivity index (χ3v) is 4.68. The SMILES string of the molecule is COc1ccc(N(C)c2nc(Nc3ccc(C(C)C)cc3)ncc2C(F)(F)F)cc1. The van der Waals surface area contributed by atoms with E-state index >= 15 is 0 Å². The molecule has 5 nitrogen and oxygen atoms in total. The molecule has 3 aromatic rings. The number of anilines is 4. The Balaban J connectivity index is 1.95. The molecule has 0 spiro atoms. The van der Waals surface area contributed by atoms with Crippen molar-refractivity contribution in [1.82, 2.24) is 9.97 Å². The summed E-state index contributed by atoms with van der Waals surface area (Å²) in [6.45, 7) is 4.17. The average Bonchev–Trinajstić information content (AvgIpc) is 2.73. The van der Waals surface area contributed by atoms with E-state index in [0.717, 1.165) is 11.8 Å². The van der Waals surface area contributed by atoms with Gasteiger partial charge in [0.2, 0.25) is 5.95 Å². The molecule has 1 heterocycles. The second-order valence-electron chi connectivity index (χ2n) is 7.09. The molecule has 0 aliphatic rings. The number of nitrogens with zero attached hydrogens (tertiary/aromatic N) is 3. The number of ether oxygens (including phenoxy) is 1. The Kier molecular flexibility index (Phi) is 6.14. The van der Waals surface area contributed by atoms with Crippen molar-refractivity contribution in [2.45, 2.75) is 25.9 Å². The van der Waals surface area contributed by atoms with Crippen LogP contribution in [0, 0.1) is 0 Å². The van der Waals surface area contributed by atoms with Crippen molar-refractivity contribution in [3.63, 3.8) is 0 Å². The molecule has 0 atom stereocenters. The maximum Gasteiger partial charge on any atom is 0.421 e. The van der Waals surface area contributed by atoms with Crippen molar-refractivity contribution in [2.75, 3.05) is 24.4 Å². The quantitative estimate of drug-likeness (QED) is 0.523. The van der Waals surface area contributed by atoms with E-state index in [9.17, 15) is 13.2 Å². The van der Waals surface area contributed by atoms with Gasteiger partial charge in [-0.25, -0.2) is 4.98 Å². The number of alkyl halides is 3. The van der Waals surface area contributed by atoms with E-state index in [-0.39, 0.29) is 11.8 Å². The zero-order valence-electron chi connectivity index (χ0n) is 17.2. The smallest absolute Gasteiger partial charge is 0.421 e. The van der Waals surface area contributed by atoms with Gasteiger partial charge in [0, 0.05) is 24.6 Å². The number of rotatable bonds is 6. The Morgan fingerprint density at radius 3 is 2.17 bits per heavy atom. The molecule has 1 aromatic heterocycles. The van der Waals surface area contributed by atoms with Gasteiger partial charge in [0.15, 0.2) is 5.82 Å². The largest absolute Gasteiger partial charge is 0.497 e. The monoisotopic (exact) mass is 416 g/mol. The Bertz CT molecular complexity index is 987. The minimum Gasteiger partial charge on any atom is -0.497 e. The summed E-state index contributed by atoms with van der Waals surface area (Å²) in [5, 5.41) is 2.98. The lowest BCUT2D eigenvalue weighted by atomic mass is 10.0. The lowest BCUT2D eigenvalue weighted by Crippen LogP contribution is -2.19. The molecule has 1 N–H and O–H groups in total. The van der Waals surface area contributed by atoms with Gasteiger partial charge < -0.3 is 15.0 Å². The van der Waals surface area contributed by atoms with Crippen LogP contribution in [-0.4, -0.2) is 24.1 Å². The highest BCUT2D eigenvalue weighted by molar-refractivity contribution is 5.65. The number of hydrogen-bond acceptors (Lipinski definition) is 5. The lowest BCUT2D eigenvalue weighted by Gasteiger charge is -2.23. The van der Waals surface area contributed by atoms with Crippen LogP contribution in [0.15, 0.2) is 54.7 Å². The molecule has 0 aliphatic carbocycles. The molecule has 0 unspecified atom stereocenters. The Labute approximate surface area is 173 Å². The van der Waals surface area contributed by atoms with Crippen LogP contribution in [0.25, 0.3) is 0 Å². The first-order chi connectivity index (χ1) is 14.2. The topological polar surface area (TPSA) is 50.3 Å². The Morgan fingerprint density at radius 2 is 1.63 bits per heavy atom. The van der Waals surface area contributed by atoms with Crippen LogP contribution in [0.3, 0.4) is 0 Å². The number of nitrogens with one attached hydrogen (secondary N) is 1. The summed E-state index contributed by atoms with van der Waals surface area (Å²) in [6.07, 6.45) is -3.79. The summed E-state index contributed by atoms with van der Waals surface area (Å²) in [4.78, 5) is 9.41. The van der Waals surface area contributed by atoms with Crippen LogP contribution in [0.4, 0.5) is 36.3 Å². The standard InChI is InChI=1S/C22H23F3N4O/c1-14(2)15-5-7-16(8-6-15)27-21-26-13-19(22(23,24)25)20(28-21)29(3)17-9-11-18(30-4)12-10-17/h5-14H,1-4H3,(H,26,27,28). The van der Waals surface area contributed by atoms with Gasteiger partial charge in [-0.05, 0) is 47.9 Å². The third-order valence-electron chi connectivity index (χ3n) is 4.68. The lowest BCUT2D eigenvalue weighted by molar-refractivity contribution is -0.137. The predicted octanol–water partition coefficient (Wildman–Crippen LogP) is 6.14. The van der Waals surface area contributed by atoms with E-state index in [1.54, 1.807) is 24.3 Å². The maximum absolute atomic E-state index is 13.6. The number of halogens is 3. The Hall–Kier alpha value is -3.29. The zero-order valence-corrected chi connectivity index (χ0v) is 17.2. The van der Waals surface area contributed by atoms with Crippen LogP contribution in [-0.2, 0) is 6.18 Å². The van der Waals surface area contributed by atoms with Crippen molar-refractivity contribution < 1.29 is 17.9 Å². The fourth-order valence-corrected chi connectivity index (χ4v) is 2.90. The predicted molar refractivity (Wildman–Crippen MR) is 112 cm³/mol. The van der Waals surface area contributed by atoms with Crippen molar-refractivity contribution in [3.8, 4) is 5.75 Å². The molecule has 8 heteroatoms. The highest BCUT2D eigenvalue weighted by Gasteiger charge is 2.36.